The summed E-state index contributed by atoms with van der Waals surface area (Å²) in [5.74, 6) is 0.486. The van der Waals surface area contributed by atoms with Gasteiger partial charge in [0.2, 0.25) is 10.0 Å². The number of carbonyl (C=O) groups is 1. The number of hydrogen-bond acceptors (Lipinski definition) is 11. The van der Waals surface area contributed by atoms with Crippen molar-refractivity contribution in [1.82, 2.24) is 4.31 Å². The molecule has 0 saturated carbocycles. The zero-order chi connectivity index (χ0) is 29.4. The van der Waals surface area contributed by atoms with Crippen LogP contribution in [0.1, 0.15) is 21.5 Å². The van der Waals surface area contributed by atoms with Crippen molar-refractivity contribution in [1.29, 1.82) is 0 Å². The Morgan fingerprint density at radius 2 is 1.80 bits per heavy atom. The molecule has 13 nitrogen and oxygen atoms in total. The summed E-state index contributed by atoms with van der Waals surface area (Å²) in [6.07, 6.45) is 1.43. The molecule has 1 N–H and O–H groups in total. The Balaban J connectivity index is 1.43. The van der Waals surface area contributed by atoms with Gasteiger partial charge in [0.25, 0.3) is 5.69 Å². The average Bonchev–Trinajstić information content (AvgIpc) is 3.00. The van der Waals surface area contributed by atoms with E-state index in [9.17, 15) is 23.3 Å². The third kappa shape index (κ3) is 7.16. The summed E-state index contributed by atoms with van der Waals surface area (Å²) in [6.45, 7) is 1.11. The number of nitrogens with zero attached hydrogens (tertiary/aromatic N) is 3. The lowest BCUT2D eigenvalue weighted by Gasteiger charge is -2.26. The van der Waals surface area contributed by atoms with Crippen molar-refractivity contribution in [3.8, 4) is 11.5 Å². The molecule has 3 aromatic carbocycles. The molecule has 1 aliphatic rings. The highest BCUT2D eigenvalue weighted by atomic mass is 32.2. The number of benzene rings is 3. The van der Waals surface area contributed by atoms with Crippen LogP contribution in [0.3, 0.4) is 0 Å². The zero-order valence-corrected chi connectivity index (χ0v) is 23.1. The molecule has 14 heteroatoms. The van der Waals surface area contributed by atoms with E-state index in [0.717, 1.165) is 11.6 Å². The monoisotopic (exact) mass is 584 g/mol. The molecule has 0 amide bonds. The number of anilines is 1. The lowest BCUT2D eigenvalue weighted by molar-refractivity contribution is -0.384. The van der Waals surface area contributed by atoms with Crippen LogP contribution in [0.5, 0.6) is 11.5 Å². The minimum atomic E-state index is -3.90. The van der Waals surface area contributed by atoms with E-state index in [0.29, 0.717) is 22.6 Å². The molecule has 0 spiro atoms. The van der Waals surface area contributed by atoms with Crippen LogP contribution in [0, 0.1) is 10.1 Å². The van der Waals surface area contributed by atoms with Gasteiger partial charge in [0.15, 0.2) is 11.5 Å². The molecule has 1 saturated heterocycles. The molecule has 0 atom stereocenters. The van der Waals surface area contributed by atoms with Gasteiger partial charge >= 0.3 is 5.97 Å². The molecule has 0 aliphatic carbocycles. The van der Waals surface area contributed by atoms with E-state index < -0.39 is 26.6 Å². The van der Waals surface area contributed by atoms with E-state index in [4.69, 9.17) is 18.9 Å². The van der Waals surface area contributed by atoms with Crippen LogP contribution < -0.4 is 14.9 Å². The number of hydrazone groups is 1. The highest BCUT2D eigenvalue weighted by Gasteiger charge is 2.28. The van der Waals surface area contributed by atoms with Crippen molar-refractivity contribution in [2.45, 2.75) is 11.5 Å². The van der Waals surface area contributed by atoms with Crippen molar-refractivity contribution in [3.05, 3.63) is 87.5 Å². The number of morpholine rings is 1. The standard InChI is InChI=1S/C27H28N4O9S/c1-37-26-15-20(5-10-25(26)40-18-19-3-6-21(7-4-19)27(32)38-2)17-28-29-23-9-8-22(16-24(23)31(33)34)41(35,36)30-11-13-39-14-12-30/h3-10,15-17,29H,11-14,18H2,1-2H3. The van der Waals surface area contributed by atoms with Crippen molar-refractivity contribution in [2.75, 3.05) is 45.9 Å². The molecule has 0 radical (unpaired) electrons. The first-order chi connectivity index (χ1) is 19.7. The molecule has 1 aliphatic heterocycles. The van der Waals surface area contributed by atoms with Gasteiger partial charge in [-0.3, -0.25) is 15.5 Å². The molecule has 4 rings (SSSR count). The highest BCUT2D eigenvalue weighted by molar-refractivity contribution is 7.89. The zero-order valence-electron chi connectivity index (χ0n) is 22.3. The van der Waals surface area contributed by atoms with E-state index in [1.807, 2.05) is 0 Å². The topological polar surface area (TPSA) is 159 Å². The number of carbonyl (C=O) groups excluding carboxylic acids is 1. The summed E-state index contributed by atoms with van der Waals surface area (Å²) < 4.78 is 48.2. The molecule has 1 heterocycles. The van der Waals surface area contributed by atoms with Crippen LogP contribution in [-0.4, -0.2) is 70.4 Å². The summed E-state index contributed by atoms with van der Waals surface area (Å²) >= 11 is 0. The maximum absolute atomic E-state index is 12.9. The SMILES string of the molecule is COC(=O)c1ccc(COc2ccc(C=NNc3ccc(S(=O)(=O)N4CCOCC4)cc3[N+](=O)[O-])cc2OC)cc1. The van der Waals surface area contributed by atoms with Gasteiger partial charge in [-0.15, -0.1) is 0 Å². The van der Waals surface area contributed by atoms with Gasteiger partial charge in [0, 0.05) is 19.2 Å². The lowest BCUT2D eigenvalue weighted by atomic mass is 10.1. The summed E-state index contributed by atoms with van der Waals surface area (Å²) in [6, 6.07) is 15.5. The summed E-state index contributed by atoms with van der Waals surface area (Å²) in [7, 11) is -1.09. The van der Waals surface area contributed by atoms with Crippen LogP contribution in [0.4, 0.5) is 11.4 Å². The summed E-state index contributed by atoms with van der Waals surface area (Å²) in [5, 5.41) is 15.8. The van der Waals surface area contributed by atoms with Gasteiger partial charge in [0.05, 0.1) is 49.0 Å². The Morgan fingerprint density at radius 1 is 1.07 bits per heavy atom. The van der Waals surface area contributed by atoms with Crippen LogP contribution in [0.15, 0.2) is 70.7 Å². The number of ether oxygens (including phenoxy) is 4. The Hall–Kier alpha value is -4.53. The van der Waals surface area contributed by atoms with Crippen molar-refractivity contribution >= 4 is 33.6 Å². The molecule has 1 fully saturated rings. The minimum Gasteiger partial charge on any atom is -0.493 e. The fourth-order valence-electron chi connectivity index (χ4n) is 3.93. The fourth-order valence-corrected chi connectivity index (χ4v) is 5.36. The molecule has 0 aromatic heterocycles. The molecule has 0 unspecified atom stereocenters. The maximum Gasteiger partial charge on any atom is 0.337 e. The number of sulfonamides is 1. The highest BCUT2D eigenvalue weighted by Crippen LogP contribution is 2.30. The number of rotatable bonds is 11. The van der Waals surface area contributed by atoms with Gasteiger partial charge < -0.3 is 18.9 Å². The lowest BCUT2D eigenvalue weighted by Crippen LogP contribution is -2.40. The first-order valence-corrected chi connectivity index (χ1v) is 13.8. The van der Waals surface area contributed by atoms with Crippen molar-refractivity contribution in [2.24, 2.45) is 5.10 Å². The van der Waals surface area contributed by atoms with Gasteiger partial charge in [-0.25, -0.2) is 13.2 Å². The number of esters is 1. The molecule has 216 valence electrons. The van der Waals surface area contributed by atoms with Crippen LogP contribution in [0.2, 0.25) is 0 Å². The largest absolute Gasteiger partial charge is 0.493 e. The number of methoxy groups -OCH3 is 2. The maximum atomic E-state index is 12.9. The van der Waals surface area contributed by atoms with Gasteiger partial charge in [-0.05, 0) is 53.6 Å². The van der Waals surface area contributed by atoms with Crippen LogP contribution in [0.25, 0.3) is 0 Å². The van der Waals surface area contributed by atoms with Gasteiger partial charge in [0.1, 0.15) is 12.3 Å². The Kier molecular flexibility index (Phi) is 9.49. The molecule has 0 bridgehead atoms. The van der Waals surface area contributed by atoms with E-state index in [2.05, 4.69) is 10.5 Å². The van der Waals surface area contributed by atoms with E-state index in [1.54, 1.807) is 42.5 Å². The molecular formula is C27H28N4O9S. The Bertz CT molecular complexity index is 1540. The first kappa shape index (κ1) is 29.5. The molecule has 3 aromatic rings. The Labute approximate surface area is 236 Å². The second kappa shape index (κ2) is 13.2. The normalized spacial score (nSPS) is 14.0. The van der Waals surface area contributed by atoms with Gasteiger partial charge in [-0.2, -0.15) is 9.41 Å². The predicted molar refractivity (Wildman–Crippen MR) is 149 cm³/mol. The van der Waals surface area contributed by atoms with E-state index in [-0.39, 0.29) is 43.5 Å². The number of nitro groups is 1. The van der Waals surface area contributed by atoms with Crippen molar-refractivity contribution in [3.63, 3.8) is 0 Å². The Morgan fingerprint density at radius 3 is 2.46 bits per heavy atom. The van der Waals surface area contributed by atoms with E-state index >= 15 is 0 Å². The first-order valence-electron chi connectivity index (χ1n) is 12.4. The van der Waals surface area contributed by atoms with Crippen LogP contribution in [-0.2, 0) is 26.1 Å². The quantitative estimate of drug-likeness (QED) is 0.153. The van der Waals surface area contributed by atoms with Crippen LogP contribution >= 0.6 is 0 Å². The predicted octanol–water partition coefficient (Wildman–Crippen LogP) is 3.44. The second-order valence-corrected chi connectivity index (χ2v) is 10.6. The molecular weight excluding hydrogens is 556 g/mol. The third-order valence-electron chi connectivity index (χ3n) is 6.13. The average molecular weight is 585 g/mol. The number of nitro benzene ring substituents is 1. The second-order valence-electron chi connectivity index (χ2n) is 8.71. The smallest absolute Gasteiger partial charge is 0.337 e. The number of hydrogen-bond donors (Lipinski definition) is 1. The third-order valence-corrected chi connectivity index (χ3v) is 8.02. The van der Waals surface area contributed by atoms with Gasteiger partial charge in [-0.1, -0.05) is 12.1 Å². The summed E-state index contributed by atoms with van der Waals surface area (Å²) in [5.41, 5.74) is 4.08. The number of nitrogens with one attached hydrogen (secondary N) is 1. The fraction of sp³-hybridized carbons (Fsp3) is 0.259. The molecule has 41 heavy (non-hydrogen) atoms. The minimum absolute atomic E-state index is 0.0253. The van der Waals surface area contributed by atoms with Crippen molar-refractivity contribution < 1.29 is 37.1 Å². The summed E-state index contributed by atoms with van der Waals surface area (Å²) in [4.78, 5) is 22.4. The van der Waals surface area contributed by atoms with E-state index in [1.165, 1.54) is 36.9 Å².